The largest absolute Gasteiger partial charge is 0.494 e. The monoisotopic (exact) mass is 590 g/mol. The zero-order valence-electron chi connectivity index (χ0n) is 26.6. The first kappa shape index (κ1) is 29.4. The molecule has 1 saturated heterocycles. The van der Waals surface area contributed by atoms with E-state index in [-0.39, 0.29) is 11.2 Å². The van der Waals surface area contributed by atoms with Crippen molar-refractivity contribution in [2.45, 2.75) is 64.6 Å². The highest BCUT2D eigenvalue weighted by Gasteiger charge is 2.51. The fourth-order valence-electron chi connectivity index (χ4n) is 6.00. The van der Waals surface area contributed by atoms with Gasteiger partial charge in [-0.1, -0.05) is 109 Å². The van der Waals surface area contributed by atoms with Gasteiger partial charge in [-0.25, -0.2) is 9.97 Å². The fourth-order valence-corrected chi connectivity index (χ4v) is 6.00. The summed E-state index contributed by atoms with van der Waals surface area (Å²) < 4.78 is 12.6. The van der Waals surface area contributed by atoms with E-state index in [1.807, 2.05) is 0 Å². The van der Waals surface area contributed by atoms with Crippen LogP contribution in [-0.4, -0.2) is 28.3 Å². The summed E-state index contributed by atoms with van der Waals surface area (Å²) in [4.78, 5) is 10.2. The predicted octanol–water partition coefficient (Wildman–Crippen LogP) is 9.24. The fraction of sp³-hybridized carbons (Fsp3) is 0.250. The van der Waals surface area contributed by atoms with Gasteiger partial charge in [0.1, 0.15) is 0 Å². The molecule has 5 heteroatoms. The molecule has 2 heterocycles. The highest BCUT2D eigenvalue weighted by Crippen LogP contribution is 2.37. The Bertz CT molecular complexity index is 1810. The van der Waals surface area contributed by atoms with Crippen molar-refractivity contribution in [3.63, 3.8) is 0 Å². The number of allylic oxidation sites excluding steroid dienone is 8. The molecule has 0 amide bonds. The maximum absolute atomic E-state index is 6.29. The average molecular weight is 591 g/mol. The van der Waals surface area contributed by atoms with Crippen molar-refractivity contribution in [2.24, 2.45) is 0 Å². The second kappa shape index (κ2) is 11.9. The average Bonchev–Trinajstić information content (AvgIpc) is 3.31. The normalized spacial score (nSPS) is 18.5. The van der Waals surface area contributed by atoms with Crippen LogP contribution in [0.3, 0.4) is 0 Å². The second-order valence-corrected chi connectivity index (χ2v) is 13.1. The lowest BCUT2D eigenvalue weighted by Crippen LogP contribution is -2.41. The minimum Gasteiger partial charge on any atom is -0.399 e. The summed E-state index contributed by atoms with van der Waals surface area (Å²) >= 11 is 0. The van der Waals surface area contributed by atoms with Crippen LogP contribution in [0, 0.1) is 0 Å². The van der Waals surface area contributed by atoms with Gasteiger partial charge < -0.3 is 9.31 Å². The molecular weight excluding hydrogens is 551 g/mol. The first-order valence-electron chi connectivity index (χ1n) is 16.0. The van der Waals surface area contributed by atoms with Gasteiger partial charge in [-0.2, -0.15) is 0 Å². The Morgan fingerprint density at radius 3 is 1.78 bits per heavy atom. The number of hydrogen-bond acceptors (Lipinski definition) is 4. The van der Waals surface area contributed by atoms with Gasteiger partial charge in [-0.15, -0.1) is 0 Å². The Morgan fingerprint density at radius 2 is 1.20 bits per heavy atom. The van der Waals surface area contributed by atoms with Crippen LogP contribution >= 0.6 is 0 Å². The molecule has 45 heavy (non-hydrogen) atoms. The Morgan fingerprint density at radius 1 is 0.622 bits per heavy atom. The summed E-state index contributed by atoms with van der Waals surface area (Å²) in [6.45, 7) is 8.32. The van der Waals surface area contributed by atoms with Crippen LogP contribution in [0.2, 0.25) is 0 Å². The van der Waals surface area contributed by atoms with Gasteiger partial charge in [0, 0.05) is 16.7 Å². The summed E-state index contributed by atoms with van der Waals surface area (Å²) in [6, 6.07) is 27.9. The molecule has 0 bridgehead atoms. The van der Waals surface area contributed by atoms with Crippen LogP contribution in [0.4, 0.5) is 0 Å². The third kappa shape index (κ3) is 6.03. The van der Waals surface area contributed by atoms with E-state index in [2.05, 4.69) is 143 Å². The van der Waals surface area contributed by atoms with E-state index in [4.69, 9.17) is 19.3 Å². The molecule has 4 nitrogen and oxygen atoms in total. The van der Waals surface area contributed by atoms with Crippen molar-refractivity contribution >= 4 is 23.7 Å². The molecule has 0 unspecified atom stereocenters. The van der Waals surface area contributed by atoms with Gasteiger partial charge in [0.05, 0.1) is 22.6 Å². The predicted molar refractivity (Wildman–Crippen MR) is 187 cm³/mol. The zero-order chi connectivity index (χ0) is 31.0. The summed E-state index contributed by atoms with van der Waals surface area (Å²) in [6.07, 6.45) is 17.7. The highest BCUT2D eigenvalue weighted by molar-refractivity contribution is 6.62. The van der Waals surface area contributed by atoms with Crippen LogP contribution < -0.4 is 5.46 Å². The Balaban J connectivity index is 1.24. The molecule has 0 spiro atoms. The maximum Gasteiger partial charge on any atom is 0.494 e. The van der Waals surface area contributed by atoms with Gasteiger partial charge >= 0.3 is 7.12 Å². The molecule has 3 aromatic carbocycles. The molecule has 4 aromatic rings. The van der Waals surface area contributed by atoms with E-state index in [9.17, 15) is 0 Å². The van der Waals surface area contributed by atoms with Gasteiger partial charge in [-0.3, -0.25) is 0 Å². The Labute approximate surface area is 267 Å². The van der Waals surface area contributed by atoms with Gasteiger partial charge in [-0.05, 0) is 87.2 Å². The summed E-state index contributed by atoms with van der Waals surface area (Å²) in [7, 11) is -0.401. The first-order chi connectivity index (χ1) is 21.8. The zero-order valence-corrected chi connectivity index (χ0v) is 26.6. The van der Waals surface area contributed by atoms with Gasteiger partial charge in [0.15, 0.2) is 5.82 Å². The third-order valence-electron chi connectivity index (χ3n) is 9.49. The van der Waals surface area contributed by atoms with Crippen molar-refractivity contribution in [3.05, 3.63) is 126 Å². The van der Waals surface area contributed by atoms with Crippen molar-refractivity contribution in [3.8, 4) is 33.9 Å². The first-order valence-corrected chi connectivity index (χ1v) is 16.0. The third-order valence-corrected chi connectivity index (χ3v) is 9.49. The van der Waals surface area contributed by atoms with Crippen LogP contribution in [0.25, 0.3) is 45.0 Å². The van der Waals surface area contributed by atoms with Crippen LogP contribution in [0.1, 0.15) is 64.5 Å². The van der Waals surface area contributed by atoms with Crippen LogP contribution in [0.5, 0.6) is 0 Å². The van der Waals surface area contributed by atoms with Crippen molar-refractivity contribution < 1.29 is 9.31 Å². The molecule has 2 aliphatic carbocycles. The molecule has 0 atom stereocenters. The maximum atomic E-state index is 6.29. The lowest BCUT2D eigenvalue weighted by atomic mass is 9.79. The lowest BCUT2D eigenvalue weighted by molar-refractivity contribution is 0.00578. The second-order valence-electron chi connectivity index (χ2n) is 13.1. The number of hydrogen-bond donors (Lipinski definition) is 0. The summed E-state index contributed by atoms with van der Waals surface area (Å²) in [5, 5.41) is 0. The molecule has 1 fully saturated rings. The van der Waals surface area contributed by atoms with Gasteiger partial charge in [0.2, 0.25) is 0 Å². The Kier molecular flexibility index (Phi) is 7.77. The SMILES string of the molecule is CC1(C)OB(c2ccc(-c3cc(-c4ccc(C5=CCCC=C5)cc4)nc(-c4ccc(C5=CC=CCC5)cc4)n3)cc2)OC1(C)C. The molecule has 1 aliphatic heterocycles. The molecular formula is C40H39BN2O2. The van der Waals surface area contributed by atoms with Crippen molar-refractivity contribution in [1.29, 1.82) is 0 Å². The smallest absolute Gasteiger partial charge is 0.399 e. The van der Waals surface area contributed by atoms with Crippen molar-refractivity contribution in [1.82, 2.24) is 9.97 Å². The van der Waals surface area contributed by atoms with Crippen LogP contribution in [-0.2, 0) is 9.31 Å². The van der Waals surface area contributed by atoms with Crippen molar-refractivity contribution in [2.75, 3.05) is 0 Å². The molecule has 7 rings (SSSR count). The minimum absolute atomic E-state index is 0.383. The minimum atomic E-state index is -0.401. The van der Waals surface area contributed by atoms with Crippen LogP contribution in [0.15, 0.2) is 115 Å². The quantitative estimate of drug-likeness (QED) is 0.210. The molecule has 1 aromatic heterocycles. The molecule has 0 N–H and O–H groups in total. The van der Waals surface area contributed by atoms with E-state index >= 15 is 0 Å². The number of aromatic nitrogens is 2. The summed E-state index contributed by atoms with van der Waals surface area (Å²) in [5.41, 5.74) is 10.2. The molecule has 3 aliphatic rings. The molecule has 0 radical (unpaired) electrons. The van der Waals surface area contributed by atoms with E-state index in [0.29, 0.717) is 5.82 Å². The number of nitrogens with zero attached hydrogens (tertiary/aromatic N) is 2. The number of rotatable bonds is 6. The number of benzene rings is 3. The van der Waals surface area contributed by atoms with E-state index in [0.717, 1.165) is 59.2 Å². The summed E-state index contributed by atoms with van der Waals surface area (Å²) in [5.74, 6) is 0.712. The lowest BCUT2D eigenvalue weighted by Gasteiger charge is -2.32. The van der Waals surface area contributed by atoms with Gasteiger partial charge in [0.25, 0.3) is 0 Å². The van der Waals surface area contributed by atoms with E-state index < -0.39 is 7.12 Å². The highest BCUT2D eigenvalue weighted by atomic mass is 16.7. The molecule has 224 valence electrons. The van der Waals surface area contributed by atoms with E-state index in [1.165, 1.54) is 22.3 Å². The Hall–Kier alpha value is -4.32. The topological polar surface area (TPSA) is 44.2 Å². The standard InChI is InChI=1S/C40H39BN2O2/c1-39(2)40(3,4)45-41(44-39)35-25-23-33(24-26-35)37-27-36(32-19-15-30(16-20-32)28-11-7-5-8-12-28)42-38(43-37)34-21-17-31(18-22-34)29-13-9-6-10-14-29/h6-7,9,11-13,15-27H,5,8,10,14H2,1-4H3. The molecule has 0 saturated carbocycles. The van der Waals surface area contributed by atoms with E-state index in [1.54, 1.807) is 0 Å².